The molecule has 0 bridgehead atoms. The summed E-state index contributed by atoms with van der Waals surface area (Å²) in [7, 11) is 0.770. The van der Waals surface area contributed by atoms with E-state index in [0.717, 1.165) is 0 Å². The maximum Gasteiger partial charge on any atom is 0.525 e. The summed E-state index contributed by atoms with van der Waals surface area (Å²) in [6.45, 7) is 12.0. The SMILES string of the molecule is C=CCOCCC(=C(F)B1OC(C)(C)C(C)(C)O1)c1cnn(C)c1. The van der Waals surface area contributed by atoms with Crippen LogP contribution in [0.1, 0.15) is 39.7 Å². The van der Waals surface area contributed by atoms with Gasteiger partial charge in [-0.25, -0.2) is 4.39 Å². The summed E-state index contributed by atoms with van der Waals surface area (Å²) >= 11 is 0. The third-order valence-corrected chi connectivity index (χ3v) is 4.53. The summed E-state index contributed by atoms with van der Waals surface area (Å²) in [6, 6.07) is 0. The standard InChI is InChI=1S/C17H26BFN2O3/c1-7-9-22-10-8-14(13-11-20-21(6)12-13)15(19)18-23-16(2,3)17(4,5)24-18/h7,11-12H,1,8-10H2,2-6H3. The smallest absolute Gasteiger partial charge is 0.398 e. The molecule has 0 aliphatic carbocycles. The van der Waals surface area contributed by atoms with Crippen LogP contribution in [-0.4, -0.2) is 41.3 Å². The molecule has 0 aromatic carbocycles. The van der Waals surface area contributed by atoms with Crippen LogP contribution in [0.2, 0.25) is 0 Å². The normalized spacial score (nSPS) is 20.2. The van der Waals surface area contributed by atoms with Crippen molar-refractivity contribution in [2.45, 2.75) is 45.3 Å². The van der Waals surface area contributed by atoms with Gasteiger partial charge in [0.05, 0.1) is 30.6 Å². The zero-order chi connectivity index (χ0) is 18.0. The Bertz CT molecular complexity index is 609. The first-order chi connectivity index (χ1) is 11.2. The van der Waals surface area contributed by atoms with Crippen LogP contribution in [-0.2, 0) is 21.1 Å². The summed E-state index contributed by atoms with van der Waals surface area (Å²) in [5, 5.41) is 4.13. The number of aryl methyl sites for hydroxylation is 1. The van der Waals surface area contributed by atoms with Crippen LogP contribution in [0.4, 0.5) is 4.39 Å². The topological polar surface area (TPSA) is 45.5 Å². The Morgan fingerprint density at radius 2 is 2.00 bits per heavy atom. The second-order valence-corrected chi connectivity index (χ2v) is 6.93. The van der Waals surface area contributed by atoms with Crippen molar-refractivity contribution in [1.82, 2.24) is 9.78 Å². The van der Waals surface area contributed by atoms with Crippen LogP contribution in [0.15, 0.2) is 30.8 Å². The van der Waals surface area contributed by atoms with E-state index < -0.39 is 24.0 Å². The third-order valence-electron chi connectivity index (χ3n) is 4.53. The quantitative estimate of drug-likeness (QED) is 0.435. The minimum atomic E-state index is -1.02. The summed E-state index contributed by atoms with van der Waals surface area (Å²) in [5.41, 5.74) is -0.413. The van der Waals surface area contributed by atoms with E-state index >= 15 is 4.39 Å². The maximum atomic E-state index is 15.2. The summed E-state index contributed by atoms with van der Waals surface area (Å²) in [5.74, 6) is 0. The molecule has 24 heavy (non-hydrogen) atoms. The molecule has 1 fully saturated rings. The zero-order valence-corrected chi connectivity index (χ0v) is 15.1. The number of hydrogen-bond donors (Lipinski definition) is 0. The van der Waals surface area contributed by atoms with E-state index in [0.29, 0.717) is 30.8 Å². The number of ether oxygens (including phenoxy) is 1. The molecule has 0 atom stereocenters. The molecule has 0 unspecified atom stereocenters. The lowest BCUT2D eigenvalue weighted by Gasteiger charge is -2.32. The van der Waals surface area contributed by atoms with Crippen molar-refractivity contribution < 1.29 is 18.4 Å². The zero-order valence-electron chi connectivity index (χ0n) is 15.1. The van der Waals surface area contributed by atoms with E-state index in [-0.39, 0.29) is 0 Å². The first kappa shape index (κ1) is 18.9. The molecule has 2 rings (SSSR count). The average molecular weight is 336 g/mol. The molecule has 1 aromatic heterocycles. The number of halogens is 1. The van der Waals surface area contributed by atoms with Crippen molar-refractivity contribution in [3.8, 4) is 0 Å². The molecule has 2 heterocycles. The summed E-state index contributed by atoms with van der Waals surface area (Å²) in [4.78, 5) is 0. The van der Waals surface area contributed by atoms with Gasteiger partial charge in [-0.15, -0.1) is 6.58 Å². The van der Waals surface area contributed by atoms with Crippen LogP contribution < -0.4 is 0 Å². The lowest BCUT2D eigenvalue weighted by Crippen LogP contribution is -2.41. The Morgan fingerprint density at radius 3 is 2.50 bits per heavy atom. The maximum absolute atomic E-state index is 15.2. The third kappa shape index (κ3) is 3.96. The highest BCUT2D eigenvalue weighted by Crippen LogP contribution is 2.40. The monoisotopic (exact) mass is 336 g/mol. The molecule has 0 spiro atoms. The number of hydrogen-bond acceptors (Lipinski definition) is 4. The van der Waals surface area contributed by atoms with Crippen LogP contribution >= 0.6 is 0 Å². The predicted molar refractivity (Wildman–Crippen MR) is 93.0 cm³/mol. The number of rotatable bonds is 7. The average Bonchev–Trinajstić information content (AvgIpc) is 3.00. The molecule has 0 radical (unpaired) electrons. The molecule has 0 saturated carbocycles. The fraction of sp³-hybridized carbons (Fsp3) is 0.588. The van der Waals surface area contributed by atoms with Crippen molar-refractivity contribution >= 4 is 12.7 Å². The van der Waals surface area contributed by atoms with Crippen LogP contribution in [0.25, 0.3) is 5.57 Å². The lowest BCUT2D eigenvalue weighted by atomic mass is 9.82. The van der Waals surface area contributed by atoms with E-state index in [9.17, 15) is 0 Å². The van der Waals surface area contributed by atoms with Crippen molar-refractivity contribution in [2.24, 2.45) is 7.05 Å². The Kier molecular flexibility index (Phi) is 5.68. The van der Waals surface area contributed by atoms with E-state index in [4.69, 9.17) is 14.0 Å². The molecule has 1 aromatic rings. The van der Waals surface area contributed by atoms with Crippen molar-refractivity contribution in [3.63, 3.8) is 0 Å². The van der Waals surface area contributed by atoms with Crippen molar-refractivity contribution in [1.29, 1.82) is 0 Å². The van der Waals surface area contributed by atoms with Gasteiger partial charge in [-0.2, -0.15) is 5.10 Å². The molecular formula is C17H26BFN2O3. The molecular weight excluding hydrogens is 310 g/mol. The van der Waals surface area contributed by atoms with Crippen LogP contribution in [0.5, 0.6) is 0 Å². The molecule has 1 saturated heterocycles. The Morgan fingerprint density at radius 1 is 1.38 bits per heavy atom. The Labute approximate surface area is 143 Å². The highest BCUT2D eigenvalue weighted by atomic mass is 19.1. The van der Waals surface area contributed by atoms with Crippen molar-refractivity contribution in [3.05, 3.63) is 36.3 Å². The van der Waals surface area contributed by atoms with Gasteiger partial charge in [-0.1, -0.05) is 6.08 Å². The van der Waals surface area contributed by atoms with Gasteiger partial charge in [-0.3, -0.25) is 4.68 Å². The molecule has 7 heteroatoms. The fourth-order valence-electron chi connectivity index (χ4n) is 2.41. The Hall–Kier alpha value is -1.44. The van der Waals surface area contributed by atoms with E-state index in [2.05, 4.69) is 11.7 Å². The minimum absolute atomic E-state index is 0.378. The highest BCUT2D eigenvalue weighted by molar-refractivity contribution is 6.55. The van der Waals surface area contributed by atoms with E-state index in [1.165, 1.54) is 0 Å². The molecule has 1 aliphatic heterocycles. The lowest BCUT2D eigenvalue weighted by molar-refractivity contribution is 0.00578. The van der Waals surface area contributed by atoms with Gasteiger partial charge in [0, 0.05) is 18.8 Å². The first-order valence-corrected chi connectivity index (χ1v) is 8.10. The first-order valence-electron chi connectivity index (χ1n) is 8.10. The summed E-state index contributed by atoms with van der Waals surface area (Å²) < 4.78 is 33.9. The van der Waals surface area contributed by atoms with Gasteiger partial charge in [0.1, 0.15) is 5.73 Å². The van der Waals surface area contributed by atoms with Gasteiger partial charge >= 0.3 is 7.12 Å². The van der Waals surface area contributed by atoms with Gasteiger partial charge in [-0.05, 0) is 39.7 Å². The van der Waals surface area contributed by atoms with Gasteiger partial charge < -0.3 is 14.0 Å². The molecule has 1 aliphatic rings. The van der Waals surface area contributed by atoms with Gasteiger partial charge in [0.25, 0.3) is 0 Å². The van der Waals surface area contributed by atoms with E-state index in [1.807, 2.05) is 27.7 Å². The second-order valence-electron chi connectivity index (χ2n) is 6.93. The van der Waals surface area contributed by atoms with Crippen molar-refractivity contribution in [2.75, 3.05) is 13.2 Å². The molecule has 132 valence electrons. The number of aromatic nitrogens is 2. The fourth-order valence-corrected chi connectivity index (χ4v) is 2.41. The van der Waals surface area contributed by atoms with E-state index in [1.54, 1.807) is 30.2 Å². The Balaban J connectivity index is 2.27. The van der Waals surface area contributed by atoms with Crippen LogP contribution in [0.3, 0.4) is 0 Å². The second kappa shape index (κ2) is 7.21. The number of nitrogens with zero attached hydrogens (tertiary/aromatic N) is 2. The van der Waals surface area contributed by atoms with Gasteiger partial charge in [0.2, 0.25) is 0 Å². The molecule has 0 amide bonds. The largest absolute Gasteiger partial charge is 0.525 e. The highest BCUT2D eigenvalue weighted by Gasteiger charge is 2.53. The predicted octanol–water partition coefficient (Wildman–Crippen LogP) is 3.32. The molecule has 0 N–H and O–H groups in total. The summed E-state index contributed by atoms with van der Waals surface area (Å²) in [6.07, 6.45) is 5.47. The molecule has 5 nitrogen and oxygen atoms in total. The van der Waals surface area contributed by atoms with Gasteiger partial charge in [0.15, 0.2) is 0 Å². The minimum Gasteiger partial charge on any atom is -0.398 e. The van der Waals surface area contributed by atoms with Crippen LogP contribution in [0, 0.1) is 0 Å².